The van der Waals surface area contributed by atoms with Crippen LogP contribution >= 0.6 is 22.9 Å². The van der Waals surface area contributed by atoms with Gasteiger partial charge in [-0.15, -0.1) is 0 Å². The zero-order chi connectivity index (χ0) is 10.8. The molecule has 0 aliphatic carbocycles. The average molecular weight is 244 g/mol. The maximum atomic E-state index is 11.8. The molecule has 6 heteroatoms. The van der Waals surface area contributed by atoms with Gasteiger partial charge in [-0.1, -0.05) is 11.3 Å². The number of ether oxygens (including phenoxy) is 1. The SMILES string of the molecule is COc1ncc(C(=O)c2ccc(Cl)o2)s1. The number of carbonyl (C=O) groups is 1. The normalized spacial score (nSPS) is 10.3. The van der Waals surface area contributed by atoms with Crippen LogP contribution in [0.1, 0.15) is 15.4 Å². The number of nitrogens with zero attached hydrogens (tertiary/aromatic N) is 1. The third-order valence-electron chi connectivity index (χ3n) is 1.68. The monoisotopic (exact) mass is 243 g/mol. The van der Waals surface area contributed by atoms with Crippen molar-refractivity contribution in [2.75, 3.05) is 7.11 Å². The fourth-order valence-corrected chi connectivity index (χ4v) is 1.84. The molecule has 0 saturated heterocycles. The summed E-state index contributed by atoms with van der Waals surface area (Å²) in [7, 11) is 1.50. The fourth-order valence-electron chi connectivity index (χ4n) is 1.02. The Hall–Kier alpha value is -1.33. The second-order valence-corrected chi connectivity index (χ2v) is 3.99. The van der Waals surface area contributed by atoms with Gasteiger partial charge in [-0.05, 0) is 23.7 Å². The molecule has 78 valence electrons. The van der Waals surface area contributed by atoms with Crippen molar-refractivity contribution in [1.29, 1.82) is 0 Å². The second-order valence-electron chi connectivity index (χ2n) is 2.63. The van der Waals surface area contributed by atoms with Gasteiger partial charge in [0, 0.05) is 0 Å². The zero-order valence-corrected chi connectivity index (χ0v) is 9.26. The van der Waals surface area contributed by atoms with Gasteiger partial charge < -0.3 is 9.15 Å². The van der Waals surface area contributed by atoms with Gasteiger partial charge in [0.2, 0.25) is 5.78 Å². The molecule has 0 saturated carbocycles. The Bertz CT molecular complexity index is 491. The van der Waals surface area contributed by atoms with Crippen molar-refractivity contribution in [1.82, 2.24) is 4.98 Å². The van der Waals surface area contributed by atoms with E-state index in [1.807, 2.05) is 0 Å². The number of carbonyl (C=O) groups excluding carboxylic acids is 1. The van der Waals surface area contributed by atoms with Crippen LogP contribution < -0.4 is 4.74 Å². The summed E-state index contributed by atoms with van der Waals surface area (Å²) >= 11 is 6.73. The summed E-state index contributed by atoms with van der Waals surface area (Å²) in [6.45, 7) is 0. The van der Waals surface area contributed by atoms with Crippen LogP contribution in [0.5, 0.6) is 5.19 Å². The highest BCUT2D eigenvalue weighted by Crippen LogP contribution is 2.24. The first-order valence-corrected chi connectivity index (χ1v) is 5.20. The Morgan fingerprint density at radius 3 is 2.93 bits per heavy atom. The molecule has 0 amide bonds. The highest BCUT2D eigenvalue weighted by molar-refractivity contribution is 7.15. The highest BCUT2D eigenvalue weighted by atomic mass is 35.5. The molecule has 0 radical (unpaired) electrons. The topological polar surface area (TPSA) is 52.3 Å². The van der Waals surface area contributed by atoms with E-state index in [1.54, 1.807) is 0 Å². The molecule has 0 spiro atoms. The van der Waals surface area contributed by atoms with E-state index in [-0.39, 0.29) is 16.8 Å². The van der Waals surface area contributed by atoms with Crippen LogP contribution in [-0.4, -0.2) is 17.9 Å². The lowest BCUT2D eigenvalue weighted by Crippen LogP contribution is -1.95. The van der Waals surface area contributed by atoms with Crippen molar-refractivity contribution in [3.8, 4) is 5.19 Å². The van der Waals surface area contributed by atoms with Crippen LogP contribution in [0.25, 0.3) is 0 Å². The van der Waals surface area contributed by atoms with Gasteiger partial charge in [0.05, 0.1) is 13.3 Å². The molecule has 2 rings (SSSR count). The van der Waals surface area contributed by atoms with Crippen LogP contribution in [0.3, 0.4) is 0 Å². The zero-order valence-electron chi connectivity index (χ0n) is 7.69. The van der Waals surface area contributed by atoms with Crippen molar-refractivity contribution in [3.63, 3.8) is 0 Å². The van der Waals surface area contributed by atoms with Crippen LogP contribution in [0.4, 0.5) is 0 Å². The van der Waals surface area contributed by atoms with E-state index < -0.39 is 0 Å². The van der Waals surface area contributed by atoms with E-state index in [1.165, 1.54) is 25.4 Å². The predicted octanol–water partition coefficient (Wildman–Crippen LogP) is 2.63. The van der Waals surface area contributed by atoms with E-state index in [4.69, 9.17) is 20.8 Å². The maximum Gasteiger partial charge on any atom is 0.273 e. The average Bonchev–Trinajstić information content (AvgIpc) is 2.84. The lowest BCUT2D eigenvalue weighted by Gasteiger charge is -1.90. The fraction of sp³-hybridized carbons (Fsp3) is 0.111. The number of furan rings is 1. The lowest BCUT2D eigenvalue weighted by molar-refractivity contribution is 0.101. The van der Waals surface area contributed by atoms with Crippen molar-refractivity contribution in [3.05, 3.63) is 34.2 Å². The molecule has 15 heavy (non-hydrogen) atoms. The van der Waals surface area contributed by atoms with Gasteiger partial charge in [0.25, 0.3) is 5.19 Å². The van der Waals surface area contributed by atoms with Crippen LogP contribution in [0.2, 0.25) is 5.22 Å². The molecule has 0 atom stereocenters. The molecular weight excluding hydrogens is 238 g/mol. The van der Waals surface area contributed by atoms with E-state index in [2.05, 4.69) is 4.98 Å². The molecule has 0 N–H and O–H groups in total. The number of thiazole rings is 1. The second kappa shape index (κ2) is 4.04. The number of aromatic nitrogens is 1. The van der Waals surface area contributed by atoms with Crippen molar-refractivity contribution in [2.45, 2.75) is 0 Å². The quantitative estimate of drug-likeness (QED) is 0.778. The Morgan fingerprint density at radius 1 is 1.60 bits per heavy atom. The third-order valence-corrected chi connectivity index (χ3v) is 2.84. The Kier molecular flexibility index (Phi) is 2.75. The van der Waals surface area contributed by atoms with E-state index in [0.717, 1.165) is 11.3 Å². The van der Waals surface area contributed by atoms with Gasteiger partial charge in [0.1, 0.15) is 4.88 Å². The summed E-state index contributed by atoms with van der Waals surface area (Å²) in [5.41, 5.74) is 0. The van der Waals surface area contributed by atoms with Gasteiger partial charge >= 0.3 is 0 Å². The minimum Gasteiger partial charge on any atom is -0.473 e. The summed E-state index contributed by atoms with van der Waals surface area (Å²) in [6.07, 6.45) is 1.45. The molecule has 2 aromatic heterocycles. The maximum absolute atomic E-state index is 11.8. The molecule has 0 bridgehead atoms. The van der Waals surface area contributed by atoms with Crippen LogP contribution in [-0.2, 0) is 0 Å². The number of halogens is 1. The predicted molar refractivity (Wildman–Crippen MR) is 55.8 cm³/mol. The molecule has 4 nitrogen and oxygen atoms in total. The van der Waals surface area contributed by atoms with Crippen LogP contribution in [0.15, 0.2) is 22.7 Å². The highest BCUT2D eigenvalue weighted by Gasteiger charge is 2.16. The summed E-state index contributed by atoms with van der Waals surface area (Å²) in [4.78, 5) is 16.1. The molecule has 0 aliphatic rings. The first-order valence-electron chi connectivity index (χ1n) is 4.00. The Balaban J connectivity index is 2.28. The van der Waals surface area contributed by atoms with Gasteiger partial charge in [-0.2, -0.15) is 0 Å². The standard InChI is InChI=1S/C9H6ClNO3S/c1-13-9-11-4-6(15-9)8(12)5-2-3-7(10)14-5/h2-4H,1H3. The van der Waals surface area contributed by atoms with Gasteiger partial charge in [-0.25, -0.2) is 4.98 Å². The Morgan fingerprint density at radius 2 is 2.40 bits per heavy atom. The van der Waals surface area contributed by atoms with Crippen molar-refractivity contribution < 1.29 is 13.9 Å². The number of methoxy groups -OCH3 is 1. The van der Waals surface area contributed by atoms with Crippen molar-refractivity contribution >= 4 is 28.7 Å². The third kappa shape index (κ3) is 2.03. The minimum absolute atomic E-state index is 0.190. The summed E-state index contributed by atoms with van der Waals surface area (Å²) < 4.78 is 9.88. The van der Waals surface area contributed by atoms with E-state index in [0.29, 0.717) is 10.1 Å². The van der Waals surface area contributed by atoms with Crippen LogP contribution in [0, 0.1) is 0 Å². The summed E-state index contributed by atoms with van der Waals surface area (Å²) in [5, 5.41) is 0.630. The number of rotatable bonds is 3. The number of hydrogen-bond donors (Lipinski definition) is 0. The Labute approximate surface area is 94.5 Å². The lowest BCUT2D eigenvalue weighted by atomic mass is 10.3. The van der Waals surface area contributed by atoms with E-state index in [9.17, 15) is 4.79 Å². The number of hydrogen-bond acceptors (Lipinski definition) is 5. The summed E-state index contributed by atoms with van der Waals surface area (Å²) in [6, 6.07) is 3.05. The summed E-state index contributed by atoms with van der Waals surface area (Å²) in [5.74, 6) is -0.0472. The first-order chi connectivity index (χ1) is 7.20. The first kappa shape index (κ1) is 10.2. The van der Waals surface area contributed by atoms with E-state index >= 15 is 0 Å². The molecular formula is C9H6ClNO3S. The molecule has 0 unspecified atom stereocenters. The minimum atomic E-state index is -0.247. The molecule has 0 aliphatic heterocycles. The number of ketones is 1. The molecule has 2 aromatic rings. The largest absolute Gasteiger partial charge is 0.473 e. The van der Waals surface area contributed by atoms with Gasteiger partial charge in [0.15, 0.2) is 11.0 Å². The van der Waals surface area contributed by atoms with Gasteiger partial charge in [-0.3, -0.25) is 4.79 Å². The smallest absolute Gasteiger partial charge is 0.273 e. The van der Waals surface area contributed by atoms with Crippen molar-refractivity contribution in [2.24, 2.45) is 0 Å². The molecule has 0 aromatic carbocycles. The molecule has 0 fully saturated rings. The molecule has 2 heterocycles.